The second-order valence-electron chi connectivity index (χ2n) is 4.77. The topological polar surface area (TPSA) is 54.9 Å². The Balaban J connectivity index is 1.86. The molecule has 2 heterocycles. The van der Waals surface area contributed by atoms with Crippen LogP contribution in [-0.2, 0) is 6.42 Å². The molecule has 104 valence electrons. The van der Waals surface area contributed by atoms with Crippen LogP contribution >= 0.6 is 0 Å². The number of aromatic nitrogens is 2. The van der Waals surface area contributed by atoms with Crippen LogP contribution in [0.5, 0.6) is 0 Å². The fourth-order valence-corrected chi connectivity index (χ4v) is 2.17. The van der Waals surface area contributed by atoms with Crippen molar-refractivity contribution in [3.05, 3.63) is 66.0 Å². The van der Waals surface area contributed by atoms with Gasteiger partial charge in [0, 0.05) is 23.3 Å². The number of rotatable bonds is 3. The fraction of sp³-hybridized carbons (Fsp3) is 0.118. The van der Waals surface area contributed by atoms with E-state index >= 15 is 0 Å². The molecular formula is C17H15N3O. The molecule has 1 amide bonds. The largest absolute Gasteiger partial charge is 0.307 e. The van der Waals surface area contributed by atoms with Gasteiger partial charge in [-0.05, 0) is 48.4 Å². The van der Waals surface area contributed by atoms with Crippen LogP contribution in [0.4, 0.5) is 5.82 Å². The van der Waals surface area contributed by atoms with Gasteiger partial charge in [-0.2, -0.15) is 0 Å². The highest BCUT2D eigenvalue weighted by molar-refractivity contribution is 6.05. The third kappa shape index (κ3) is 2.89. The fourth-order valence-electron chi connectivity index (χ4n) is 2.17. The van der Waals surface area contributed by atoms with Crippen LogP contribution in [0, 0.1) is 0 Å². The standard InChI is InChI=1S/C17H15N3O/c1-2-12-7-9-19-16(10-12)20-17(21)14-5-6-15-13(11-14)4-3-8-18-15/h3-11H,2H2,1H3,(H,19,20,21). The highest BCUT2D eigenvalue weighted by Crippen LogP contribution is 2.15. The van der Waals surface area contributed by atoms with E-state index in [1.807, 2.05) is 36.4 Å². The third-order valence-corrected chi connectivity index (χ3v) is 3.34. The quantitative estimate of drug-likeness (QED) is 0.797. The van der Waals surface area contributed by atoms with E-state index in [0.29, 0.717) is 11.4 Å². The molecule has 4 nitrogen and oxygen atoms in total. The Labute approximate surface area is 122 Å². The first-order valence-corrected chi connectivity index (χ1v) is 6.87. The van der Waals surface area contributed by atoms with Crippen molar-refractivity contribution in [1.82, 2.24) is 9.97 Å². The Bertz CT molecular complexity index is 799. The van der Waals surface area contributed by atoms with Crippen molar-refractivity contribution in [2.45, 2.75) is 13.3 Å². The summed E-state index contributed by atoms with van der Waals surface area (Å²) in [7, 11) is 0. The van der Waals surface area contributed by atoms with Gasteiger partial charge in [-0.15, -0.1) is 0 Å². The Kier molecular flexibility index (Phi) is 3.60. The highest BCUT2D eigenvalue weighted by atomic mass is 16.1. The number of hydrogen-bond acceptors (Lipinski definition) is 3. The molecule has 3 rings (SSSR count). The van der Waals surface area contributed by atoms with E-state index < -0.39 is 0 Å². The van der Waals surface area contributed by atoms with Gasteiger partial charge in [-0.3, -0.25) is 9.78 Å². The van der Waals surface area contributed by atoms with E-state index in [1.165, 1.54) is 0 Å². The van der Waals surface area contributed by atoms with E-state index in [0.717, 1.165) is 22.9 Å². The molecule has 0 atom stereocenters. The summed E-state index contributed by atoms with van der Waals surface area (Å²) >= 11 is 0. The first kappa shape index (κ1) is 13.2. The lowest BCUT2D eigenvalue weighted by molar-refractivity contribution is 0.102. The van der Waals surface area contributed by atoms with Crippen LogP contribution < -0.4 is 5.32 Å². The van der Waals surface area contributed by atoms with E-state index in [1.54, 1.807) is 18.5 Å². The summed E-state index contributed by atoms with van der Waals surface area (Å²) in [6.07, 6.45) is 4.36. The number of nitrogens with zero attached hydrogens (tertiary/aromatic N) is 2. The summed E-state index contributed by atoms with van der Waals surface area (Å²) in [6, 6.07) is 13.1. The second kappa shape index (κ2) is 5.71. The molecular weight excluding hydrogens is 262 g/mol. The summed E-state index contributed by atoms with van der Waals surface area (Å²) in [6.45, 7) is 2.07. The Morgan fingerprint density at radius 3 is 2.86 bits per heavy atom. The predicted octanol–water partition coefficient (Wildman–Crippen LogP) is 3.44. The molecule has 2 aromatic heterocycles. The first-order valence-electron chi connectivity index (χ1n) is 6.87. The van der Waals surface area contributed by atoms with Crippen molar-refractivity contribution in [2.75, 3.05) is 5.32 Å². The summed E-state index contributed by atoms with van der Waals surface area (Å²) in [5, 5.41) is 3.77. The minimum absolute atomic E-state index is 0.165. The van der Waals surface area contributed by atoms with E-state index in [2.05, 4.69) is 22.2 Å². The second-order valence-corrected chi connectivity index (χ2v) is 4.77. The molecule has 21 heavy (non-hydrogen) atoms. The molecule has 0 saturated heterocycles. The molecule has 0 saturated carbocycles. The smallest absolute Gasteiger partial charge is 0.256 e. The zero-order valence-corrected chi connectivity index (χ0v) is 11.7. The summed E-state index contributed by atoms with van der Waals surface area (Å²) in [5.74, 6) is 0.409. The molecule has 1 N–H and O–H groups in total. The zero-order chi connectivity index (χ0) is 14.7. The molecule has 1 aromatic carbocycles. The van der Waals surface area contributed by atoms with Crippen molar-refractivity contribution in [1.29, 1.82) is 0 Å². The summed E-state index contributed by atoms with van der Waals surface area (Å²) < 4.78 is 0. The van der Waals surface area contributed by atoms with Gasteiger partial charge in [0.25, 0.3) is 5.91 Å². The number of nitrogens with one attached hydrogen (secondary N) is 1. The maximum absolute atomic E-state index is 12.3. The van der Waals surface area contributed by atoms with Crippen LogP contribution in [0.25, 0.3) is 10.9 Å². The van der Waals surface area contributed by atoms with Crippen molar-refractivity contribution in [2.24, 2.45) is 0 Å². The number of amides is 1. The summed E-state index contributed by atoms with van der Waals surface area (Å²) in [5.41, 5.74) is 2.61. The molecule has 4 heteroatoms. The number of anilines is 1. The van der Waals surface area contributed by atoms with Gasteiger partial charge in [0.2, 0.25) is 0 Å². The van der Waals surface area contributed by atoms with Gasteiger partial charge in [0.15, 0.2) is 0 Å². The lowest BCUT2D eigenvalue weighted by Crippen LogP contribution is -2.13. The number of pyridine rings is 2. The minimum Gasteiger partial charge on any atom is -0.307 e. The maximum atomic E-state index is 12.3. The molecule has 0 bridgehead atoms. The van der Waals surface area contributed by atoms with E-state index in [9.17, 15) is 4.79 Å². The highest BCUT2D eigenvalue weighted by Gasteiger charge is 2.08. The Morgan fingerprint density at radius 2 is 2.00 bits per heavy atom. The molecule has 3 aromatic rings. The van der Waals surface area contributed by atoms with E-state index in [-0.39, 0.29) is 5.91 Å². The molecule has 0 aliphatic heterocycles. The van der Waals surface area contributed by atoms with Gasteiger partial charge in [-0.25, -0.2) is 4.98 Å². The van der Waals surface area contributed by atoms with Crippen LogP contribution in [0.1, 0.15) is 22.8 Å². The summed E-state index contributed by atoms with van der Waals surface area (Å²) in [4.78, 5) is 20.7. The van der Waals surface area contributed by atoms with Gasteiger partial charge in [-0.1, -0.05) is 13.0 Å². The lowest BCUT2D eigenvalue weighted by atomic mass is 10.1. The molecule has 0 aliphatic carbocycles. The van der Waals surface area contributed by atoms with Crippen molar-refractivity contribution < 1.29 is 4.79 Å². The molecule has 0 spiro atoms. The molecule has 0 radical (unpaired) electrons. The number of carbonyl (C=O) groups is 1. The monoisotopic (exact) mass is 277 g/mol. The van der Waals surface area contributed by atoms with Crippen LogP contribution in [-0.4, -0.2) is 15.9 Å². The SMILES string of the molecule is CCc1ccnc(NC(=O)c2ccc3ncccc3c2)c1. The minimum atomic E-state index is -0.165. The number of benzene rings is 1. The zero-order valence-electron chi connectivity index (χ0n) is 11.7. The average Bonchev–Trinajstić information content (AvgIpc) is 2.54. The number of fused-ring (bicyclic) bond motifs is 1. The molecule has 0 aliphatic rings. The van der Waals surface area contributed by atoms with Crippen LogP contribution in [0.3, 0.4) is 0 Å². The van der Waals surface area contributed by atoms with Gasteiger partial charge < -0.3 is 5.32 Å². The predicted molar refractivity (Wildman–Crippen MR) is 83.3 cm³/mol. The lowest BCUT2D eigenvalue weighted by Gasteiger charge is -2.06. The van der Waals surface area contributed by atoms with Gasteiger partial charge >= 0.3 is 0 Å². The Hall–Kier alpha value is -2.75. The third-order valence-electron chi connectivity index (χ3n) is 3.34. The Morgan fingerprint density at radius 1 is 1.10 bits per heavy atom. The van der Waals surface area contributed by atoms with Gasteiger partial charge in [0.05, 0.1) is 5.52 Å². The average molecular weight is 277 g/mol. The maximum Gasteiger partial charge on any atom is 0.256 e. The number of hydrogen-bond donors (Lipinski definition) is 1. The first-order chi connectivity index (χ1) is 10.3. The molecule has 0 fully saturated rings. The number of aryl methyl sites for hydroxylation is 1. The van der Waals surface area contributed by atoms with Crippen LogP contribution in [0.15, 0.2) is 54.9 Å². The molecule has 0 unspecified atom stereocenters. The van der Waals surface area contributed by atoms with Crippen molar-refractivity contribution >= 4 is 22.6 Å². The van der Waals surface area contributed by atoms with Crippen LogP contribution in [0.2, 0.25) is 0 Å². The van der Waals surface area contributed by atoms with E-state index in [4.69, 9.17) is 0 Å². The normalized spacial score (nSPS) is 10.5. The van der Waals surface area contributed by atoms with Crippen molar-refractivity contribution in [3.63, 3.8) is 0 Å². The van der Waals surface area contributed by atoms with Crippen molar-refractivity contribution in [3.8, 4) is 0 Å². The number of carbonyl (C=O) groups excluding carboxylic acids is 1. The van der Waals surface area contributed by atoms with Gasteiger partial charge in [0.1, 0.15) is 5.82 Å².